The van der Waals surface area contributed by atoms with E-state index in [4.69, 9.17) is 16.3 Å². The van der Waals surface area contributed by atoms with E-state index in [1.165, 1.54) is 48.5 Å². The van der Waals surface area contributed by atoms with Crippen LogP contribution >= 0.6 is 11.6 Å². The molecule has 0 aromatic heterocycles. The third-order valence-corrected chi connectivity index (χ3v) is 6.20. The highest BCUT2D eigenvalue weighted by Crippen LogP contribution is 2.30. The van der Waals surface area contributed by atoms with Gasteiger partial charge in [-0.2, -0.15) is 0 Å². The van der Waals surface area contributed by atoms with Gasteiger partial charge in [-0.1, -0.05) is 23.7 Å². The van der Waals surface area contributed by atoms with Crippen molar-refractivity contribution in [2.75, 3.05) is 12.9 Å². The molecule has 0 bridgehead atoms. The van der Waals surface area contributed by atoms with Gasteiger partial charge >= 0.3 is 12.0 Å². The zero-order valence-corrected chi connectivity index (χ0v) is 16.8. The minimum Gasteiger partial charge on any atom is -0.508 e. The lowest BCUT2D eigenvalue weighted by molar-refractivity contribution is -0.136. The number of hydrogen-bond acceptors (Lipinski definition) is 6. The van der Waals surface area contributed by atoms with Crippen molar-refractivity contribution >= 4 is 33.4 Å². The SMILES string of the molecule is COC(=O)C1=C(CS(=O)(=O)c2ccc(Cl)cc2)NC(=O)N[C@H]1c1ccc(O)cc1. The number of carbonyl (C=O) groups excluding carboxylic acids is 2. The molecule has 1 atom stereocenters. The molecular formula is C19H17ClN2O6S. The summed E-state index contributed by atoms with van der Waals surface area (Å²) in [6.45, 7) is 0. The molecule has 2 aromatic rings. The molecule has 152 valence electrons. The Kier molecular flexibility index (Phi) is 5.81. The number of aromatic hydroxyl groups is 1. The first kappa shape index (κ1) is 20.7. The molecule has 0 radical (unpaired) electrons. The monoisotopic (exact) mass is 436 g/mol. The second kappa shape index (κ2) is 8.14. The normalized spacial score (nSPS) is 16.8. The average molecular weight is 437 g/mol. The van der Waals surface area contributed by atoms with Gasteiger partial charge < -0.3 is 20.5 Å². The number of carbonyl (C=O) groups is 2. The smallest absolute Gasteiger partial charge is 0.338 e. The maximum Gasteiger partial charge on any atom is 0.338 e. The molecule has 1 aliphatic rings. The van der Waals surface area contributed by atoms with Gasteiger partial charge in [-0.15, -0.1) is 0 Å². The number of phenols is 1. The van der Waals surface area contributed by atoms with Crippen LogP contribution in [0.2, 0.25) is 5.02 Å². The summed E-state index contributed by atoms with van der Waals surface area (Å²) in [5, 5.41) is 14.8. The highest BCUT2D eigenvalue weighted by Gasteiger charge is 2.35. The fourth-order valence-corrected chi connectivity index (χ4v) is 4.37. The first-order valence-electron chi connectivity index (χ1n) is 8.37. The summed E-state index contributed by atoms with van der Waals surface area (Å²) >= 11 is 5.81. The van der Waals surface area contributed by atoms with Gasteiger partial charge in [-0.25, -0.2) is 18.0 Å². The molecule has 1 heterocycles. The van der Waals surface area contributed by atoms with Crippen LogP contribution in [0.3, 0.4) is 0 Å². The van der Waals surface area contributed by atoms with Crippen LogP contribution in [0.15, 0.2) is 64.7 Å². The summed E-state index contributed by atoms with van der Waals surface area (Å²) in [6, 6.07) is 9.75. The van der Waals surface area contributed by atoms with E-state index in [1.807, 2.05) is 0 Å². The number of sulfone groups is 1. The van der Waals surface area contributed by atoms with Gasteiger partial charge in [-0.3, -0.25) is 0 Å². The fourth-order valence-electron chi connectivity index (χ4n) is 2.91. The van der Waals surface area contributed by atoms with Crippen LogP contribution in [0.1, 0.15) is 11.6 Å². The average Bonchev–Trinajstić information content (AvgIpc) is 2.67. The Morgan fingerprint density at radius 3 is 2.34 bits per heavy atom. The number of urea groups is 1. The van der Waals surface area contributed by atoms with Gasteiger partial charge in [-0.05, 0) is 42.0 Å². The molecule has 0 unspecified atom stereocenters. The van der Waals surface area contributed by atoms with Crippen LogP contribution in [0.4, 0.5) is 4.79 Å². The number of halogens is 1. The van der Waals surface area contributed by atoms with Crippen LogP contribution in [0.5, 0.6) is 5.75 Å². The zero-order valence-electron chi connectivity index (χ0n) is 15.2. The molecule has 2 amide bonds. The van der Waals surface area contributed by atoms with Gasteiger partial charge in [0, 0.05) is 10.7 Å². The summed E-state index contributed by atoms with van der Waals surface area (Å²) in [5.74, 6) is -1.42. The van der Waals surface area contributed by atoms with E-state index in [2.05, 4.69) is 10.6 Å². The number of nitrogens with one attached hydrogen (secondary N) is 2. The number of ether oxygens (including phenoxy) is 1. The van der Waals surface area contributed by atoms with E-state index in [0.717, 1.165) is 7.11 Å². The standard InChI is InChI=1S/C19H17ClN2O6S/c1-28-18(24)16-15(10-29(26,27)14-8-4-12(20)5-9-14)21-19(25)22-17(16)11-2-6-13(23)7-3-11/h2-9,17,23H,10H2,1H3,(H2,21,22,25)/t17-/m0/s1. The third-order valence-electron chi connectivity index (χ3n) is 4.29. The van der Waals surface area contributed by atoms with Crippen LogP contribution < -0.4 is 10.6 Å². The van der Waals surface area contributed by atoms with Crippen LogP contribution in [-0.2, 0) is 19.4 Å². The van der Waals surface area contributed by atoms with Crippen molar-refractivity contribution in [1.82, 2.24) is 10.6 Å². The first-order chi connectivity index (χ1) is 13.7. The highest BCUT2D eigenvalue weighted by molar-refractivity contribution is 7.91. The van der Waals surface area contributed by atoms with E-state index in [-0.39, 0.29) is 21.9 Å². The molecule has 0 saturated heterocycles. The molecule has 0 saturated carbocycles. The molecule has 3 N–H and O–H groups in total. The highest BCUT2D eigenvalue weighted by atomic mass is 35.5. The Balaban J connectivity index is 2.08. The number of rotatable bonds is 5. The van der Waals surface area contributed by atoms with E-state index in [0.29, 0.717) is 10.6 Å². The maximum atomic E-state index is 12.8. The summed E-state index contributed by atoms with van der Waals surface area (Å²) in [6.07, 6.45) is 0. The molecule has 10 heteroatoms. The molecule has 29 heavy (non-hydrogen) atoms. The van der Waals surface area contributed by atoms with Gasteiger partial charge in [0.1, 0.15) is 5.75 Å². The lowest BCUT2D eigenvalue weighted by Gasteiger charge is -2.29. The number of amides is 2. The summed E-state index contributed by atoms with van der Waals surface area (Å²) < 4.78 is 30.5. The number of benzene rings is 2. The minimum absolute atomic E-state index is 0.00292. The van der Waals surface area contributed by atoms with Crippen molar-refractivity contribution < 1.29 is 27.9 Å². The predicted octanol–water partition coefficient (Wildman–Crippen LogP) is 2.30. The zero-order chi connectivity index (χ0) is 21.2. The van der Waals surface area contributed by atoms with Crippen molar-refractivity contribution in [3.05, 3.63) is 70.4 Å². The summed E-state index contributed by atoms with van der Waals surface area (Å²) in [4.78, 5) is 24.6. The van der Waals surface area contributed by atoms with Crippen LogP contribution in [0.25, 0.3) is 0 Å². The number of esters is 1. The predicted molar refractivity (Wildman–Crippen MR) is 105 cm³/mol. The Bertz CT molecular complexity index is 1080. The van der Waals surface area contributed by atoms with Crippen molar-refractivity contribution in [1.29, 1.82) is 0 Å². The van der Waals surface area contributed by atoms with E-state index >= 15 is 0 Å². The van der Waals surface area contributed by atoms with Crippen molar-refractivity contribution in [2.24, 2.45) is 0 Å². The molecule has 0 fully saturated rings. The molecule has 1 aliphatic heterocycles. The Morgan fingerprint density at radius 1 is 1.14 bits per heavy atom. The molecule has 8 nitrogen and oxygen atoms in total. The summed E-state index contributed by atoms with van der Waals surface area (Å²) in [7, 11) is -2.74. The molecule has 2 aromatic carbocycles. The van der Waals surface area contributed by atoms with Gasteiger partial charge in [0.15, 0.2) is 9.84 Å². The maximum absolute atomic E-state index is 12.8. The third kappa shape index (κ3) is 4.52. The molecular weight excluding hydrogens is 420 g/mol. The van der Waals surface area contributed by atoms with E-state index in [1.54, 1.807) is 0 Å². The number of methoxy groups -OCH3 is 1. The fraction of sp³-hybridized carbons (Fsp3) is 0.158. The van der Waals surface area contributed by atoms with Crippen molar-refractivity contribution in [2.45, 2.75) is 10.9 Å². The van der Waals surface area contributed by atoms with Crippen LogP contribution in [0, 0.1) is 0 Å². The van der Waals surface area contributed by atoms with Crippen molar-refractivity contribution in [3.63, 3.8) is 0 Å². The quantitative estimate of drug-likeness (QED) is 0.618. The molecule has 3 rings (SSSR count). The lowest BCUT2D eigenvalue weighted by Crippen LogP contribution is -2.47. The van der Waals surface area contributed by atoms with Crippen molar-refractivity contribution in [3.8, 4) is 5.75 Å². The lowest BCUT2D eigenvalue weighted by atomic mass is 9.95. The molecule has 0 aliphatic carbocycles. The minimum atomic E-state index is -3.89. The molecule has 0 spiro atoms. The van der Waals surface area contributed by atoms with E-state index in [9.17, 15) is 23.1 Å². The van der Waals surface area contributed by atoms with E-state index < -0.39 is 33.6 Å². The second-order valence-electron chi connectivity index (χ2n) is 6.22. The topological polar surface area (TPSA) is 122 Å². The van der Waals surface area contributed by atoms with Gasteiger partial charge in [0.05, 0.1) is 29.4 Å². The number of hydrogen-bond donors (Lipinski definition) is 3. The van der Waals surface area contributed by atoms with Gasteiger partial charge in [0.25, 0.3) is 0 Å². The van der Waals surface area contributed by atoms with Crippen LogP contribution in [-0.4, -0.2) is 38.4 Å². The Morgan fingerprint density at radius 2 is 1.76 bits per heavy atom. The largest absolute Gasteiger partial charge is 0.508 e. The first-order valence-corrected chi connectivity index (χ1v) is 10.4. The Hall–Kier alpha value is -3.04. The summed E-state index contributed by atoms with van der Waals surface area (Å²) in [5.41, 5.74) is 0.336. The second-order valence-corrected chi connectivity index (χ2v) is 8.65. The van der Waals surface area contributed by atoms with Gasteiger partial charge in [0.2, 0.25) is 0 Å². The Labute approximate surface area is 172 Å². The number of phenolic OH excluding ortho intramolecular Hbond substituents is 1.